The largest absolute Gasteiger partial charge is 0.494 e. The highest BCUT2D eigenvalue weighted by Crippen LogP contribution is 2.22. The van der Waals surface area contributed by atoms with Crippen LogP contribution in [0.1, 0.15) is 40.7 Å². The molecule has 0 saturated carbocycles. The summed E-state index contributed by atoms with van der Waals surface area (Å²) in [6.45, 7) is 8.69. The lowest BCUT2D eigenvalue weighted by molar-refractivity contribution is 0.102. The van der Waals surface area contributed by atoms with Gasteiger partial charge in [0.05, 0.1) is 18.0 Å². The maximum atomic E-state index is 12.6. The van der Waals surface area contributed by atoms with Gasteiger partial charge in [0.25, 0.3) is 5.91 Å². The fourth-order valence-corrected chi connectivity index (χ4v) is 2.92. The summed E-state index contributed by atoms with van der Waals surface area (Å²) in [5.41, 5.74) is 5.32. The number of hydrogen-bond donors (Lipinski definition) is 1. The highest BCUT2D eigenvalue weighted by molar-refractivity contribution is 6.04. The Morgan fingerprint density at radius 2 is 1.81 bits per heavy atom. The molecule has 1 amide bonds. The second-order valence-electron chi connectivity index (χ2n) is 6.67. The topological polar surface area (TPSA) is 56.1 Å². The first-order chi connectivity index (χ1) is 13.0. The summed E-state index contributed by atoms with van der Waals surface area (Å²) in [6, 6.07) is 15.2. The molecule has 140 valence electrons. The van der Waals surface area contributed by atoms with E-state index in [4.69, 9.17) is 4.74 Å². The second-order valence-corrected chi connectivity index (χ2v) is 6.67. The van der Waals surface area contributed by atoms with E-state index in [2.05, 4.69) is 17.3 Å². The van der Waals surface area contributed by atoms with Gasteiger partial charge < -0.3 is 10.1 Å². The maximum Gasteiger partial charge on any atom is 0.255 e. The van der Waals surface area contributed by atoms with Gasteiger partial charge in [-0.3, -0.25) is 4.79 Å². The van der Waals surface area contributed by atoms with Crippen LogP contribution in [0.3, 0.4) is 0 Å². The third-order valence-electron chi connectivity index (χ3n) is 4.30. The summed E-state index contributed by atoms with van der Waals surface area (Å²) in [6.07, 6.45) is 0.963. The maximum absolute atomic E-state index is 12.6. The molecule has 3 aromatic rings. The number of carbonyl (C=O) groups is 1. The van der Waals surface area contributed by atoms with Gasteiger partial charge in [-0.25, -0.2) is 4.68 Å². The van der Waals surface area contributed by atoms with E-state index in [0.29, 0.717) is 12.2 Å². The van der Waals surface area contributed by atoms with Gasteiger partial charge in [-0.15, -0.1) is 0 Å². The van der Waals surface area contributed by atoms with E-state index in [9.17, 15) is 4.79 Å². The van der Waals surface area contributed by atoms with E-state index in [1.807, 2.05) is 74.0 Å². The van der Waals surface area contributed by atoms with E-state index in [1.54, 1.807) is 0 Å². The number of benzene rings is 2. The molecule has 0 radical (unpaired) electrons. The van der Waals surface area contributed by atoms with Crippen LogP contribution < -0.4 is 10.1 Å². The van der Waals surface area contributed by atoms with Crippen molar-refractivity contribution >= 4 is 11.6 Å². The molecule has 0 aliphatic heterocycles. The first kappa shape index (κ1) is 18.7. The zero-order valence-electron chi connectivity index (χ0n) is 16.2. The van der Waals surface area contributed by atoms with Gasteiger partial charge in [0.1, 0.15) is 5.75 Å². The average molecular weight is 363 g/mol. The molecule has 3 rings (SSSR count). The quantitative estimate of drug-likeness (QED) is 0.682. The minimum Gasteiger partial charge on any atom is -0.494 e. The molecule has 5 heteroatoms. The van der Waals surface area contributed by atoms with E-state index < -0.39 is 0 Å². The van der Waals surface area contributed by atoms with E-state index in [1.165, 1.54) is 0 Å². The Balaban J connectivity index is 1.72. The smallest absolute Gasteiger partial charge is 0.255 e. The summed E-state index contributed by atoms with van der Waals surface area (Å²) >= 11 is 0. The predicted octanol–water partition coefficient (Wildman–Crippen LogP) is 4.84. The Labute approximate surface area is 160 Å². The third-order valence-corrected chi connectivity index (χ3v) is 4.30. The molecule has 0 aliphatic rings. The highest BCUT2D eigenvalue weighted by Gasteiger charge is 2.10. The van der Waals surface area contributed by atoms with Crippen LogP contribution in [0.15, 0.2) is 48.5 Å². The van der Waals surface area contributed by atoms with Crippen molar-refractivity contribution in [3.63, 3.8) is 0 Å². The van der Waals surface area contributed by atoms with Gasteiger partial charge in [0.15, 0.2) is 0 Å². The number of carbonyl (C=O) groups excluding carboxylic acids is 1. The third kappa shape index (κ3) is 4.37. The molecule has 27 heavy (non-hydrogen) atoms. The number of hydrogen-bond acceptors (Lipinski definition) is 3. The number of nitrogens with zero attached hydrogens (tertiary/aromatic N) is 2. The van der Waals surface area contributed by atoms with Gasteiger partial charge in [-0.2, -0.15) is 5.10 Å². The standard InChI is InChI=1S/C22H25N3O2/c1-5-12-27-20-10-11-21(15(2)13-20)23-22(26)18-6-8-19(9-7-18)25-17(4)14-16(3)24-25/h6-11,13-14H,5,12H2,1-4H3,(H,23,26). The molecule has 0 aliphatic carbocycles. The van der Waals surface area contributed by atoms with Crippen LogP contribution >= 0.6 is 0 Å². The van der Waals surface area contributed by atoms with Crippen molar-refractivity contribution in [3.05, 3.63) is 71.0 Å². The molecule has 0 saturated heterocycles. The summed E-state index contributed by atoms with van der Waals surface area (Å²) in [4.78, 5) is 12.6. The van der Waals surface area contributed by atoms with Crippen LogP contribution in [0.25, 0.3) is 5.69 Å². The number of ether oxygens (including phenoxy) is 1. The van der Waals surface area contributed by atoms with Crippen molar-refractivity contribution in [2.45, 2.75) is 34.1 Å². The van der Waals surface area contributed by atoms with E-state index in [0.717, 1.165) is 40.5 Å². The molecule has 1 N–H and O–H groups in total. The van der Waals surface area contributed by atoms with Gasteiger partial charge in [-0.1, -0.05) is 6.92 Å². The SMILES string of the molecule is CCCOc1ccc(NC(=O)c2ccc(-n3nc(C)cc3C)cc2)c(C)c1. The lowest BCUT2D eigenvalue weighted by Gasteiger charge is -2.11. The fourth-order valence-electron chi connectivity index (χ4n) is 2.92. The van der Waals surface area contributed by atoms with E-state index in [-0.39, 0.29) is 5.91 Å². The first-order valence-electron chi connectivity index (χ1n) is 9.16. The number of nitrogens with one attached hydrogen (secondary N) is 1. The molecule has 1 heterocycles. The Bertz CT molecular complexity index is 943. The van der Waals surface area contributed by atoms with Crippen molar-refractivity contribution < 1.29 is 9.53 Å². The number of rotatable bonds is 6. The summed E-state index contributed by atoms with van der Waals surface area (Å²) < 4.78 is 7.50. The van der Waals surface area contributed by atoms with Gasteiger partial charge in [-0.05, 0) is 81.3 Å². The molecule has 0 fully saturated rings. The lowest BCUT2D eigenvalue weighted by atomic mass is 10.1. The van der Waals surface area contributed by atoms with Crippen molar-refractivity contribution in [3.8, 4) is 11.4 Å². The van der Waals surface area contributed by atoms with Crippen LogP contribution in [0.2, 0.25) is 0 Å². The monoisotopic (exact) mass is 363 g/mol. The zero-order valence-corrected chi connectivity index (χ0v) is 16.2. The Morgan fingerprint density at radius 3 is 2.41 bits per heavy atom. The van der Waals surface area contributed by atoms with Gasteiger partial charge in [0.2, 0.25) is 0 Å². The number of aryl methyl sites for hydroxylation is 3. The zero-order chi connectivity index (χ0) is 19.4. The molecule has 2 aromatic carbocycles. The molecule has 0 unspecified atom stereocenters. The first-order valence-corrected chi connectivity index (χ1v) is 9.16. The predicted molar refractivity (Wildman–Crippen MR) is 108 cm³/mol. The van der Waals surface area contributed by atoms with E-state index >= 15 is 0 Å². The minimum atomic E-state index is -0.139. The molecular formula is C22H25N3O2. The van der Waals surface area contributed by atoms with Crippen LogP contribution in [-0.2, 0) is 0 Å². The van der Waals surface area contributed by atoms with Crippen LogP contribution in [0.5, 0.6) is 5.75 Å². The normalized spacial score (nSPS) is 10.7. The molecule has 1 aromatic heterocycles. The van der Waals surface area contributed by atoms with Gasteiger partial charge in [0, 0.05) is 16.9 Å². The number of amides is 1. The molecule has 5 nitrogen and oxygen atoms in total. The van der Waals surface area contributed by atoms with Crippen molar-refractivity contribution in [2.75, 3.05) is 11.9 Å². The second kappa shape index (κ2) is 8.08. The Hall–Kier alpha value is -3.08. The number of aromatic nitrogens is 2. The fraction of sp³-hybridized carbons (Fsp3) is 0.273. The number of anilines is 1. The van der Waals surface area contributed by atoms with Crippen LogP contribution in [-0.4, -0.2) is 22.3 Å². The minimum absolute atomic E-state index is 0.139. The highest BCUT2D eigenvalue weighted by atomic mass is 16.5. The summed E-state index contributed by atoms with van der Waals surface area (Å²) in [5, 5.41) is 7.44. The van der Waals surface area contributed by atoms with Crippen LogP contribution in [0, 0.1) is 20.8 Å². The molecular weight excluding hydrogens is 338 g/mol. The molecule has 0 atom stereocenters. The van der Waals surface area contributed by atoms with Crippen molar-refractivity contribution in [1.29, 1.82) is 0 Å². The average Bonchev–Trinajstić information content (AvgIpc) is 3.00. The summed E-state index contributed by atoms with van der Waals surface area (Å²) in [5.74, 6) is 0.682. The van der Waals surface area contributed by atoms with Crippen molar-refractivity contribution in [1.82, 2.24) is 9.78 Å². The Kier molecular flexibility index (Phi) is 5.60. The molecule has 0 spiro atoms. The Morgan fingerprint density at radius 1 is 1.07 bits per heavy atom. The lowest BCUT2D eigenvalue weighted by Crippen LogP contribution is -2.13. The van der Waals surface area contributed by atoms with Crippen molar-refractivity contribution in [2.24, 2.45) is 0 Å². The van der Waals surface area contributed by atoms with Gasteiger partial charge >= 0.3 is 0 Å². The summed E-state index contributed by atoms with van der Waals surface area (Å²) in [7, 11) is 0. The van der Waals surface area contributed by atoms with Crippen LogP contribution in [0.4, 0.5) is 5.69 Å². The molecule has 0 bridgehead atoms.